The maximum atomic E-state index is 3.28. The first-order valence-electron chi connectivity index (χ1n) is 2.71. The molecule has 0 aromatic rings. The lowest BCUT2D eigenvalue weighted by molar-refractivity contribution is 0.520. The number of rotatable bonds is 0. The molecule has 1 aliphatic rings. The third kappa shape index (κ3) is 4.43. The molecular formula is C5H15NOS. The Balaban J connectivity index is 0. The summed E-state index contributed by atoms with van der Waals surface area (Å²) in [4.78, 5) is 0. The minimum absolute atomic E-state index is 0. The van der Waals surface area contributed by atoms with Crippen LogP contribution in [0, 0.1) is 0 Å². The van der Waals surface area contributed by atoms with Crippen molar-refractivity contribution in [3.8, 4) is 0 Å². The Morgan fingerprint density at radius 1 is 0.875 bits per heavy atom. The Labute approximate surface area is 57.4 Å². The molecule has 0 unspecified atom stereocenters. The predicted molar refractivity (Wildman–Crippen MR) is 40.7 cm³/mol. The average Bonchev–Trinajstić information content (AvgIpc) is 1.72. The minimum atomic E-state index is 0. The van der Waals surface area contributed by atoms with Crippen LogP contribution >= 0.6 is 13.5 Å². The minimum Gasteiger partial charge on any atom is -0.412 e. The van der Waals surface area contributed by atoms with Gasteiger partial charge in [-0.25, -0.2) is 0 Å². The van der Waals surface area contributed by atoms with E-state index in [1.807, 2.05) is 0 Å². The summed E-state index contributed by atoms with van der Waals surface area (Å²) >= 11 is 0. The van der Waals surface area contributed by atoms with E-state index in [-0.39, 0.29) is 19.0 Å². The molecule has 0 radical (unpaired) electrons. The highest BCUT2D eigenvalue weighted by Crippen LogP contribution is 1.96. The van der Waals surface area contributed by atoms with E-state index < -0.39 is 0 Å². The molecule has 1 heterocycles. The first-order chi connectivity index (χ1) is 3.00. The quantitative estimate of drug-likeness (QED) is 0.503. The summed E-state index contributed by atoms with van der Waals surface area (Å²) in [7, 11) is 0. The Bertz CT molecular complexity index is 27.9. The normalized spacial score (nSPS) is 18.0. The van der Waals surface area contributed by atoms with E-state index in [4.69, 9.17) is 0 Å². The third-order valence-corrected chi connectivity index (χ3v) is 1.21. The monoisotopic (exact) mass is 137 g/mol. The number of piperidine rings is 1. The molecule has 1 rings (SSSR count). The van der Waals surface area contributed by atoms with Gasteiger partial charge >= 0.3 is 0 Å². The second kappa shape index (κ2) is 7.27. The van der Waals surface area contributed by atoms with Crippen molar-refractivity contribution >= 4 is 13.5 Å². The smallest absolute Gasteiger partial charge is 0.00489 e. The van der Waals surface area contributed by atoms with Crippen LogP contribution in [0.15, 0.2) is 0 Å². The lowest BCUT2D eigenvalue weighted by Gasteiger charge is -2.08. The van der Waals surface area contributed by atoms with E-state index in [2.05, 4.69) is 5.32 Å². The molecule has 0 aromatic heterocycles. The van der Waals surface area contributed by atoms with Gasteiger partial charge in [0.05, 0.1) is 0 Å². The molecule has 0 amide bonds. The maximum Gasteiger partial charge on any atom is -0.00489 e. The van der Waals surface area contributed by atoms with Crippen LogP contribution in [0.3, 0.4) is 0 Å². The van der Waals surface area contributed by atoms with Crippen molar-refractivity contribution in [2.75, 3.05) is 13.1 Å². The van der Waals surface area contributed by atoms with Gasteiger partial charge in [-0.05, 0) is 25.9 Å². The van der Waals surface area contributed by atoms with E-state index in [0.717, 1.165) is 0 Å². The first-order valence-corrected chi connectivity index (χ1v) is 2.71. The largest absolute Gasteiger partial charge is 0.412 e. The van der Waals surface area contributed by atoms with Crippen molar-refractivity contribution in [1.82, 2.24) is 5.32 Å². The fourth-order valence-corrected chi connectivity index (χ4v) is 0.802. The summed E-state index contributed by atoms with van der Waals surface area (Å²) in [5.74, 6) is 0. The second-order valence-electron chi connectivity index (χ2n) is 1.81. The topological polar surface area (TPSA) is 43.5 Å². The van der Waals surface area contributed by atoms with Crippen molar-refractivity contribution in [1.29, 1.82) is 0 Å². The highest BCUT2D eigenvalue weighted by Gasteiger charge is 1.93. The Morgan fingerprint density at radius 3 is 1.50 bits per heavy atom. The van der Waals surface area contributed by atoms with Gasteiger partial charge in [0.15, 0.2) is 0 Å². The highest BCUT2D eigenvalue weighted by molar-refractivity contribution is 7.59. The van der Waals surface area contributed by atoms with Gasteiger partial charge in [-0.3, -0.25) is 0 Å². The lowest BCUT2D eigenvalue weighted by Crippen LogP contribution is -2.21. The Morgan fingerprint density at radius 2 is 1.38 bits per heavy atom. The van der Waals surface area contributed by atoms with E-state index in [9.17, 15) is 0 Å². The van der Waals surface area contributed by atoms with Crippen LogP contribution in [0.1, 0.15) is 19.3 Å². The molecule has 52 valence electrons. The highest BCUT2D eigenvalue weighted by atomic mass is 32.1. The summed E-state index contributed by atoms with van der Waals surface area (Å²) in [6, 6.07) is 0. The van der Waals surface area contributed by atoms with Gasteiger partial charge < -0.3 is 10.8 Å². The molecule has 0 spiro atoms. The van der Waals surface area contributed by atoms with Crippen molar-refractivity contribution < 1.29 is 5.48 Å². The number of nitrogens with one attached hydrogen (secondary N) is 1. The molecule has 0 saturated carbocycles. The predicted octanol–water partition coefficient (Wildman–Crippen LogP) is 0.0480. The molecule has 3 N–H and O–H groups in total. The van der Waals surface area contributed by atoms with Crippen LogP contribution in [0.4, 0.5) is 0 Å². The van der Waals surface area contributed by atoms with Crippen LogP contribution < -0.4 is 5.32 Å². The van der Waals surface area contributed by atoms with E-state index in [1.165, 1.54) is 32.4 Å². The van der Waals surface area contributed by atoms with Gasteiger partial charge in [0.2, 0.25) is 0 Å². The van der Waals surface area contributed by atoms with Gasteiger partial charge in [-0.2, -0.15) is 13.5 Å². The van der Waals surface area contributed by atoms with Crippen LogP contribution in [-0.4, -0.2) is 18.6 Å². The Hall–Kier alpha value is 0.270. The average molecular weight is 137 g/mol. The van der Waals surface area contributed by atoms with Gasteiger partial charge in [0.1, 0.15) is 0 Å². The van der Waals surface area contributed by atoms with E-state index in [1.54, 1.807) is 0 Å². The van der Waals surface area contributed by atoms with Gasteiger partial charge in [-0.1, -0.05) is 6.42 Å². The molecule has 1 fully saturated rings. The Kier molecular flexibility index (Phi) is 10.1. The SMILES string of the molecule is C1CCNCC1.O.S. The molecule has 1 saturated heterocycles. The van der Waals surface area contributed by atoms with Crippen molar-refractivity contribution in [3.05, 3.63) is 0 Å². The van der Waals surface area contributed by atoms with Crippen LogP contribution in [0.25, 0.3) is 0 Å². The summed E-state index contributed by atoms with van der Waals surface area (Å²) in [6.45, 7) is 2.50. The molecular weight excluding hydrogens is 122 g/mol. The van der Waals surface area contributed by atoms with Crippen molar-refractivity contribution in [3.63, 3.8) is 0 Å². The van der Waals surface area contributed by atoms with Gasteiger partial charge in [0.25, 0.3) is 0 Å². The van der Waals surface area contributed by atoms with Crippen molar-refractivity contribution in [2.24, 2.45) is 0 Å². The molecule has 0 aromatic carbocycles. The molecule has 0 atom stereocenters. The molecule has 0 aliphatic carbocycles. The summed E-state index contributed by atoms with van der Waals surface area (Å²) < 4.78 is 0. The summed E-state index contributed by atoms with van der Waals surface area (Å²) in [6.07, 6.45) is 4.22. The number of hydrogen-bond donors (Lipinski definition) is 1. The van der Waals surface area contributed by atoms with E-state index in [0.29, 0.717) is 0 Å². The fourth-order valence-electron chi connectivity index (χ4n) is 0.802. The van der Waals surface area contributed by atoms with Crippen LogP contribution in [0.2, 0.25) is 0 Å². The third-order valence-electron chi connectivity index (χ3n) is 1.21. The summed E-state index contributed by atoms with van der Waals surface area (Å²) in [5, 5.41) is 3.28. The lowest BCUT2D eigenvalue weighted by atomic mass is 10.2. The van der Waals surface area contributed by atoms with E-state index >= 15 is 0 Å². The fraction of sp³-hybridized carbons (Fsp3) is 1.00. The van der Waals surface area contributed by atoms with Crippen LogP contribution in [-0.2, 0) is 0 Å². The number of hydrogen-bond acceptors (Lipinski definition) is 1. The summed E-state index contributed by atoms with van der Waals surface area (Å²) in [5.41, 5.74) is 0. The maximum absolute atomic E-state index is 3.28. The first kappa shape index (κ1) is 11.1. The van der Waals surface area contributed by atoms with Gasteiger partial charge in [-0.15, -0.1) is 0 Å². The van der Waals surface area contributed by atoms with Gasteiger partial charge in [0, 0.05) is 0 Å². The zero-order chi connectivity index (χ0) is 4.24. The molecule has 2 nitrogen and oxygen atoms in total. The molecule has 1 aliphatic heterocycles. The molecule has 8 heavy (non-hydrogen) atoms. The molecule has 3 heteroatoms. The second-order valence-corrected chi connectivity index (χ2v) is 1.81. The molecule has 0 bridgehead atoms. The zero-order valence-corrected chi connectivity index (χ0v) is 6.04. The zero-order valence-electron chi connectivity index (χ0n) is 5.04. The van der Waals surface area contributed by atoms with Crippen LogP contribution in [0.5, 0.6) is 0 Å². The standard InChI is InChI=1S/C5H11N.H2O.H2S/c1-2-4-6-5-3-1;;/h6H,1-5H2;2*1H2. The van der Waals surface area contributed by atoms with Crippen molar-refractivity contribution in [2.45, 2.75) is 19.3 Å².